The normalized spacial score (nSPS) is 10.7. The molecule has 98 valence electrons. The largest absolute Gasteiger partial charge is 0.273 e. The van der Waals surface area contributed by atoms with Crippen molar-refractivity contribution in [3.05, 3.63) is 35.9 Å². The molecule has 0 radical (unpaired) electrons. The average Bonchev–Trinajstić information content (AvgIpc) is 2.39. The van der Waals surface area contributed by atoms with E-state index in [1.165, 1.54) is 19.3 Å². The van der Waals surface area contributed by atoms with E-state index in [1.807, 2.05) is 30.3 Å². The number of hydrazone groups is 1. The molecule has 0 saturated heterocycles. The average molecular weight is 246 g/mol. The highest BCUT2D eigenvalue weighted by molar-refractivity contribution is 5.79. The van der Waals surface area contributed by atoms with E-state index in [-0.39, 0.29) is 5.91 Å². The van der Waals surface area contributed by atoms with Crippen molar-refractivity contribution in [1.82, 2.24) is 5.43 Å². The standard InChI is InChI=1S/C15H22N2O/c1-2-3-4-5-9-12-16-17-15(18)13-14-10-7-6-8-11-14/h6-8,10-12H,2-5,9,13H2,1H3,(H,17,18)/b16-12+. The van der Waals surface area contributed by atoms with Gasteiger partial charge in [-0.3, -0.25) is 4.79 Å². The molecular weight excluding hydrogens is 224 g/mol. The summed E-state index contributed by atoms with van der Waals surface area (Å²) >= 11 is 0. The number of benzene rings is 1. The third-order valence-corrected chi connectivity index (χ3v) is 2.67. The first-order chi connectivity index (χ1) is 8.83. The third kappa shape index (κ3) is 6.84. The topological polar surface area (TPSA) is 41.5 Å². The van der Waals surface area contributed by atoms with Crippen LogP contribution in [0.1, 0.15) is 44.6 Å². The van der Waals surface area contributed by atoms with Crippen LogP contribution in [0.15, 0.2) is 35.4 Å². The Hall–Kier alpha value is -1.64. The van der Waals surface area contributed by atoms with Gasteiger partial charge >= 0.3 is 0 Å². The smallest absolute Gasteiger partial charge is 0.244 e. The number of hydrogen-bond acceptors (Lipinski definition) is 2. The Morgan fingerprint density at radius 3 is 2.72 bits per heavy atom. The fraction of sp³-hybridized carbons (Fsp3) is 0.467. The summed E-state index contributed by atoms with van der Waals surface area (Å²) in [6.45, 7) is 2.19. The quantitative estimate of drug-likeness (QED) is 0.427. The van der Waals surface area contributed by atoms with Gasteiger partial charge in [0.15, 0.2) is 0 Å². The van der Waals surface area contributed by atoms with Gasteiger partial charge in [-0.1, -0.05) is 56.5 Å². The summed E-state index contributed by atoms with van der Waals surface area (Å²) in [7, 11) is 0. The van der Waals surface area contributed by atoms with Crippen molar-refractivity contribution in [3.63, 3.8) is 0 Å². The van der Waals surface area contributed by atoms with Crippen LogP contribution in [-0.4, -0.2) is 12.1 Å². The number of carbonyl (C=O) groups is 1. The summed E-state index contributed by atoms with van der Waals surface area (Å²) in [6, 6.07) is 9.68. The summed E-state index contributed by atoms with van der Waals surface area (Å²) < 4.78 is 0. The van der Waals surface area contributed by atoms with Gasteiger partial charge in [-0.25, -0.2) is 5.43 Å². The number of amides is 1. The summed E-state index contributed by atoms with van der Waals surface area (Å²) in [5, 5.41) is 3.94. The number of hydrogen-bond donors (Lipinski definition) is 1. The lowest BCUT2D eigenvalue weighted by atomic mass is 10.1. The van der Waals surface area contributed by atoms with Gasteiger partial charge in [-0.2, -0.15) is 5.10 Å². The van der Waals surface area contributed by atoms with E-state index in [9.17, 15) is 4.79 Å². The van der Waals surface area contributed by atoms with Crippen molar-refractivity contribution < 1.29 is 4.79 Å². The zero-order chi connectivity index (χ0) is 13.1. The molecule has 1 rings (SSSR count). The Labute approximate surface area is 109 Å². The first-order valence-electron chi connectivity index (χ1n) is 6.67. The second-order valence-corrected chi connectivity index (χ2v) is 4.36. The van der Waals surface area contributed by atoms with E-state index in [0.29, 0.717) is 6.42 Å². The van der Waals surface area contributed by atoms with Crippen molar-refractivity contribution in [2.24, 2.45) is 5.10 Å². The Morgan fingerprint density at radius 2 is 2.00 bits per heavy atom. The third-order valence-electron chi connectivity index (χ3n) is 2.67. The SMILES string of the molecule is CCCCCC/C=N/NC(=O)Cc1ccccc1. The summed E-state index contributed by atoms with van der Waals surface area (Å²) in [6.07, 6.45) is 8.00. The highest BCUT2D eigenvalue weighted by atomic mass is 16.2. The molecule has 1 amide bonds. The van der Waals surface area contributed by atoms with Crippen molar-refractivity contribution in [2.75, 3.05) is 0 Å². The molecule has 0 aliphatic carbocycles. The molecule has 0 spiro atoms. The molecule has 1 aromatic rings. The van der Waals surface area contributed by atoms with Crippen LogP contribution in [0.3, 0.4) is 0 Å². The molecule has 3 nitrogen and oxygen atoms in total. The molecule has 0 atom stereocenters. The van der Waals surface area contributed by atoms with Crippen LogP contribution in [0.5, 0.6) is 0 Å². The van der Waals surface area contributed by atoms with E-state index in [4.69, 9.17) is 0 Å². The van der Waals surface area contributed by atoms with E-state index in [0.717, 1.165) is 18.4 Å². The summed E-state index contributed by atoms with van der Waals surface area (Å²) in [5.41, 5.74) is 3.56. The molecule has 3 heteroatoms. The molecule has 0 aliphatic rings. The van der Waals surface area contributed by atoms with Gasteiger partial charge in [0.05, 0.1) is 6.42 Å². The van der Waals surface area contributed by atoms with Crippen LogP contribution < -0.4 is 5.43 Å². The zero-order valence-corrected chi connectivity index (χ0v) is 11.1. The lowest BCUT2D eigenvalue weighted by molar-refractivity contribution is -0.120. The zero-order valence-electron chi connectivity index (χ0n) is 11.1. The van der Waals surface area contributed by atoms with Crippen LogP contribution >= 0.6 is 0 Å². The van der Waals surface area contributed by atoms with Gasteiger partial charge in [-0.05, 0) is 18.4 Å². The van der Waals surface area contributed by atoms with Crippen LogP contribution in [0.4, 0.5) is 0 Å². The lowest BCUT2D eigenvalue weighted by Crippen LogP contribution is -2.19. The molecule has 18 heavy (non-hydrogen) atoms. The number of unbranched alkanes of at least 4 members (excludes halogenated alkanes) is 4. The van der Waals surface area contributed by atoms with Crippen molar-refractivity contribution in [1.29, 1.82) is 0 Å². The van der Waals surface area contributed by atoms with Gasteiger partial charge in [0, 0.05) is 6.21 Å². The predicted molar refractivity (Wildman–Crippen MR) is 75.5 cm³/mol. The maximum atomic E-state index is 11.5. The van der Waals surface area contributed by atoms with E-state index < -0.39 is 0 Å². The molecule has 0 aliphatic heterocycles. The second-order valence-electron chi connectivity index (χ2n) is 4.36. The minimum Gasteiger partial charge on any atom is -0.273 e. The number of rotatable bonds is 8. The molecule has 0 aromatic heterocycles. The monoisotopic (exact) mass is 246 g/mol. The van der Waals surface area contributed by atoms with E-state index in [1.54, 1.807) is 6.21 Å². The first kappa shape index (κ1) is 14.4. The number of nitrogens with one attached hydrogen (secondary N) is 1. The molecular formula is C15H22N2O. The maximum Gasteiger partial charge on any atom is 0.244 e. The Morgan fingerprint density at radius 1 is 1.22 bits per heavy atom. The fourth-order valence-corrected chi connectivity index (χ4v) is 1.67. The highest BCUT2D eigenvalue weighted by Gasteiger charge is 2.00. The maximum absolute atomic E-state index is 11.5. The van der Waals surface area contributed by atoms with Crippen LogP contribution in [0, 0.1) is 0 Å². The minimum atomic E-state index is -0.0639. The van der Waals surface area contributed by atoms with Crippen molar-refractivity contribution in [3.8, 4) is 0 Å². The van der Waals surface area contributed by atoms with E-state index in [2.05, 4.69) is 17.5 Å². The molecule has 0 unspecified atom stereocenters. The lowest BCUT2D eigenvalue weighted by Gasteiger charge is -1.99. The van der Waals surface area contributed by atoms with Gasteiger partial charge in [0.25, 0.3) is 0 Å². The predicted octanol–water partition coefficient (Wildman–Crippen LogP) is 3.30. The Kier molecular flexibility index (Phi) is 7.53. The molecule has 1 N–H and O–H groups in total. The molecule has 1 aromatic carbocycles. The summed E-state index contributed by atoms with van der Waals surface area (Å²) in [4.78, 5) is 11.5. The van der Waals surface area contributed by atoms with E-state index >= 15 is 0 Å². The Bertz CT molecular complexity index is 360. The molecule has 0 saturated carbocycles. The summed E-state index contributed by atoms with van der Waals surface area (Å²) in [5.74, 6) is -0.0639. The number of carbonyl (C=O) groups excluding carboxylic acids is 1. The minimum absolute atomic E-state index is 0.0639. The van der Waals surface area contributed by atoms with Crippen LogP contribution in [-0.2, 0) is 11.2 Å². The molecule has 0 bridgehead atoms. The van der Waals surface area contributed by atoms with Crippen molar-refractivity contribution in [2.45, 2.75) is 45.4 Å². The van der Waals surface area contributed by atoms with Gasteiger partial charge < -0.3 is 0 Å². The Balaban J connectivity index is 2.11. The van der Waals surface area contributed by atoms with Crippen LogP contribution in [0.25, 0.3) is 0 Å². The van der Waals surface area contributed by atoms with Crippen LogP contribution in [0.2, 0.25) is 0 Å². The van der Waals surface area contributed by atoms with Gasteiger partial charge in [0.1, 0.15) is 0 Å². The van der Waals surface area contributed by atoms with Crippen molar-refractivity contribution >= 4 is 12.1 Å². The highest BCUT2D eigenvalue weighted by Crippen LogP contribution is 2.01. The second kappa shape index (κ2) is 9.40. The molecule has 0 fully saturated rings. The number of nitrogens with zero attached hydrogens (tertiary/aromatic N) is 1. The molecule has 0 heterocycles. The first-order valence-corrected chi connectivity index (χ1v) is 6.67. The van der Waals surface area contributed by atoms with Gasteiger partial charge in [0.2, 0.25) is 5.91 Å². The van der Waals surface area contributed by atoms with Gasteiger partial charge in [-0.15, -0.1) is 0 Å². The fourth-order valence-electron chi connectivity index (χ4n) is 1.67.